The lowest BCUT2D eigenvalue weighted by Crippen LogP contribution is -2.34. The molecule has 1 fully saturated rings. The molecule has 0 spiro atoms. The predicted octanol–water partition coefficient (Wildman–Crippen LogP) is 1.04. The Kier molecular flexibility index (Phi) is 4.34. The summed E-state index contributed by atoms with van der Waals surface area (Å²) in [7, 11) is 0. The Morgan fingerprint density at radius 2 is 2.36 bits per heavy atom. The minimum atomic E-state index is -0.509. The van der Waals surface area contributed by atoms with E-state index in [0.29, 0.717) is 24.9 Å². The molecule has 0 aromatic heterocycles. The zero-order valence-electron chi connectivity index (χ0n) is 8.51. The Balaban J connectivity index is 2.17. The van der Waals surface area contributed by atoms with Crippen LogP contribution in [0.5, 0.6) is 0 Å². The molecule has 0 aromatic rings. The molecule has 5 heteroatoms. The van der Waals surface area contributed by atoms with E-state index in [1.807, 2.05) is 13.8 Å². The molecule has 82 valence electrons. The average molecular weight is 266 g/mol. The van der Waals surface area contributed by atoms with Gasteiger partial charge in [0.1, 0.15) is 6.10 Å². The van der Waals surface area contributed by atoms with Crippen LogP contribution in [0.3, 0.4) is 0 Å². The van der Waals surface area contributed by atoms with Crippen molar-refractivity contribution in [2.24, 2.45) is 0 Å². The summed E-state index contributed by atoms with van der Waals surface area (Å²) in [4.78, 5) is 11.1. The highest BCUT2D eigenvalue weighted by molar-refractivity contribution is 9.09. The van der Waals surface area contributed by atoms with Crippen molar-refractivity contribution >= 4 is 21.8 Å². The third kappa shape index (κ3) is 3.94. The standard InChI is InChI=1S/C9H16BrNO3/c1-9(2)13-6-7(14-9)5-11-8(12)3-4-10/h7H,3-6H2,1-2H3,(H,11,12). The summed E-state index contributed by atoms with van der Waals surface area (Å²) in [5.41, 5.74) is 0. The molecule has 1 heterocycles. The number of nitrogens with one attached hydrogen (secondary N) is 1. The first kappa shape index (κ1) is 11.9. The number of hydrogen-bond donors (Lipinski definition) is 1. The highest BCUT2D eigenvalue weighted by Crippen LogP contribution is 2.21. The summed E-state index contributed by atoms with van der Waals surface area (Å²) in [6, 6.07) is 0. The van der Waals surface area contributed by atoms with E-state index in [4.69, 9.17) is 9.47 Å². The summed E-state index contributed by atoms with van der Waals surface area (Å²) < 4.78 is 10.9. The minimum Gasteiger partial charge on any atom is -0.353 e. The number of hydrogen-bond acceptors (Lipinski definition) is 3. The molecule has 1 aliphatic heterocycles. The molecule has 0 saturated carbocycles. The summed E-state index contributed by atoms with van der Waals surface area (Å²) in [6.07, 6.45) is 0.473. The second-order valence-corrected chi connectivity index (χ2v) is 4.49. The Hall–Kier alpha value is -0.130. The molecule has 0 aliphatic carbocycles. The quantitative estimate of drug-likeness (QED) is 0.773. The van der Waals surface area contributed by atoms with E-state index in [1.54, 1.807) is 0 Å². The van der Waals surface area contributed by atoms with Crippen LogP contribution in [0.25, 0.3) is 0 Å². The van der Waals surface area contributed by atoms with Gasteiger partial charge < -0.3 is 14.8 Å². The van der Waals surface area contributed by atoms with Gasteiger partial charge in [0.2, 0.25) is 5.91 Å². The number of carbonyl (C=O) groups excluding carboxylic acids is 1. The second kappa shape index (κ2) is 5.09. The summed E-state index contributed by atoms with van der Waals surface area (Å²) >= 11 is 3.20. The smallest absolute Gasteiger partial charge is 0.220 e. The van der Waals surface area contributed by atoms with E-state index < -0.39 is 5.79 Å². The SMILES string of the molecule is CC1(C)OCC(CNC(=O)CCBr)O1. The van der Waals surface area contributed by atoms with Crippen LogP contribution < -0.4 is 5.32 Å². The zero-order chi connectivity index (χ0) is 10.6. The largest absolute Gasteiger partial charge is 0.353 e. The lowest BCUT2D eigenvalue weighted by Gasteiger charge is -2.17. The van der Waals surface area contributed by atoms with E-state index in [1.165, 1.54) is 0 Å². The molecule has 1 saturated heterocycles. The summed E-state index contributed by atoms with van der Waals surface area (Å²) in [5, 5.41) is 3.48. The van der Waals surface area contributed by atoms with Gasteiger partial charge in [0.25, 0.3) is 0 Å². The predicted molar refractivity (Wildman–Crippen MR) is 56.3 cm³/mol. The lowest BCUT2D eigenvalue weighted by molar-refractivity contribution is -0.139. The molecular weight excluding hydrogens is 250 g/mol. The molecule has 4 nitrogen and oxygen atoms in total. The number of ether oxygens (including phenoxy) is 2. The van der Waals surface area contributed by atoms with Gasteiger partial charge >= 0.3 is 0 Å². The fourth-order valence-electron chi connectivity index (χ4n) is 1.27. The van der Waals surface area contributed by atoms with E-state index in [9.17, 15) is 4.79 Å². The van der Waals surface area contributed by atoms with Crippen molar-refractivity contribution in [2.75, 3.05) is 18.5 Å². The van der Waals surface area contributed by atoms with E-state index >= 15 is 0 Å². The Labute approximate surface area is 92.5 Å². The summed E-state index contributed by atoms with van der Waals surface area (Å²) in [6.45, 7) is 4.80. The molecule has 1 aliphatic rings. The van der Waals surface area contributed by atoms with Gasteiger partial charge in [-0.05, 0) is 13.8 Å². The van der Waals surface area contributed by atoms with Crippen molar-refractivity contribution in [3.63, 3.8) is 0 Å². The third-order valence-electron chi connectivity index (χ3n) is 1.92. The second-order valence-electron chi connectivity index (χ2n) is 3.69. The van der Waals surface area contributed by atoms with E-state index in [0.717, 1.165) is 0 Å². The molecule has 0 aromatic carbocycles. The van der Waals surface area contributed by atoms with Crippen molar-refractivity contribution in [1.82, 2.24) is 5.32 Å². The number of amides is 1. The van der Waals surface area contributed by atoms with Crippen molar-refractivity contribution in [2.45, 2.75) is 32.2 Å². The van der Waals surface area contributed by atoms with Gasteiger partial charge in [0.05, 0.1) is 6.61 Å². The molecule has 1 atom stereocenters. The van der Waals surface area contributed by atoms with Crippen LogP contribution in [0.1, 0.15) is 20.3 Å². The van der Waals surface area contributed by atoms with E-state index in [2.05, 4.69) is 21.2 Å². The number of carbonyl (C=O) groups is 1. The van der Waals surface area contributed by atoms with Crippen LogP contribution in [-0.4, -0.2) is 36.3 Å². The number of rotatable bonds is 4. The third-order valence-corrected chi connectivity index (χ3v) is 2.31. The van der Waals surface area contributed by atoms with Crippen LogP contribution in [0.2, 0.25) is 0 Å². The van der Waals surface area contributed by atoms with Crippen LogP contribution in [-0.2, 0) is 14.3 Å². The monoisotopic (exact) mass is 265 g/mol. The minimum absolute atomic E-state index is 0.0238. The normalized spacial score (nSPS) is 24.9. The van der Waals surface area contributed by atoms with Gasteiger partial charge in [-0.25, -0.2) is 0 Å². The Morgan fingerprint density at radius 3 is 2.86 bits per heavy atom. The maximum atomic E-state index is 11.1. The van der Waals surface area contributed by atoms with Crippen molar-refractivity contribution in [1.29, 1.82) is 0 Å². The molecule has 14 heavy (non-hydrogen) atoms. The molecule has 1 unspecified atom stereocenters. The van der Waals surface area contributed by atoms with Gasteiger partial charge in [0, 0.05) is 18.3 Å². The first-order valence-corrected chi connectivity index (χ1v) is 5.80. The molecule has 1 N–H and O–H groups in total. The van der Waals surface area contributed by atoms with Gasteiger partial charge in [-0.2, -0.15) is 0 Å². The molecule has 1 rings (SSSR count). The number of halogens is 1. The van der Waals surface area contributed by atoms with Crippen LogP contribution >= 0.6 is 15.9 Å². The average Bonchev–Trinajstić information content (AvgIpc) is 2.43. The van der Waals surface area contributed by atoms with Crippen LogP contribution in [0, 0.1) is 0 Å². The molecule has 0 bridgehead atoms. The van der Waals surface area contributed by atoms with Gasteiger partial charge in [-0.3, -0.25) is 4.79 Å². The van der Waals surface area contributed by atoms with Crippen LogP contribution in [0.4, 0.5) is 0 Å². The Morgan fingerprint density at radius 1 is 1.64 bits per heavy atom. The van der Waals surface area contributed by atoms with Crippen LogP contribution in [0.15, 0.2) is 0 Å². The molecule has 1 amide bonds. The van der Waals surface area contributed by atoms with Crippen molar-refractivity contribution in [3.05, 3.63) is 0 Å². The van der Waals surface area contributed by atoms with Gasteiger partial charge in [0.15, 0.2) is 5.79 Å². The van der Waals surface area contributed by atoms with Crippen molar-refractivity contribution in [3.8, 4) is 0 Å². The summed E-state index contributed by atoms with van der Waals surface area (Å²) in [5.74, 6) is -0.472. The first-order valence-electron chi connectivity index (χ1n) is 4.68. The molecule has 0 radical (unpaired) electrons. The number of alkyl halides is 1. The topological polar surface area (TPSA) is 47.6 Å². The maximum absolute atomic E-state index is 11.1. The fraction of sp³-hybridized carbons (Fsp3) is 0.889. The Bertz CT molecular complexity index is 208. The van der Waals surface area contributed by atoms with E-state index in [-0.39, 0.29) is 12.0 Å². The van der Waals surface area contributed by atoms with Gasteiger partial charge in [-0.15, -0.1) is 0 Å². The van der Waals surface area contributed by atoms with Gasteiger partial charge in [-0.1, -0.05) is 15.9 Å². The highest BCUT2D eigenvalue weighted by atomic mass is 79.9. The maximum Gasteiger partial charge on any atom is 0.220 e. The highest BCUT2D eigenvalue weighted by Gasteiger charge is 2.32. The lowest BCUT2D eigenvalue weighted by atomic mass is 10.3. The zero-order valence-corrected chi connectivity index (χ0v) is 10.1. The fourth-order valence-corrected chi connectivity index (χ4v) is 1.63. The van der Waals surface area contributed by atoms with Crippen molar-refractivity contribution < 1.29 is 14.3 Å². The first-order chi connectivity index (χ1) is 6.53. The molecular formula is C9H16BrNO3.